The van der Waals surface area contributed by atoms with Crippen molar-refractivity contribution in [1.29, 1.82) is 0 Å². The summed E-state index contributed by atoms with van der Waals surface area (Å²) in [6.07, 6.45) is 0.642. The Balaban J connectivity index is 1.88. The SMILES string of the molecule is CCOC(=O)N1CCN(c2nc(CC)ns2)CC1. The minimum Gasteiger partial charge on any atom is -0.450 e. The van der Waals surface area contributed by atoms with Crippen LogP contribution in [0.25, 0.3) is 0 Å². The molecule has 0 unspecified atom stereocenters. The summed E-state index contributed by atoms with van der Waals surface area (Å²) >= 11 is 1.43. The lowest BCUT2D eigenvalue weighted by atomic mass is 10.3. The third-order valence-corrected chi connectivity index (χ3v) is 3.66. The van der Waals surface area contributed by atoms with Crippen molar-refractivity contribution in [2.24, 2.45) is 0 Å². The molecule has 2 rings (SSSR count). The molecule has 7 heteroatoms. The van der Waals surface area contributed by atoms with Crippen LogP contribution in [0.1, 0.15) is 19.7 Å². The molecule has 0 aliphatic carbocycles. The number of ether oxygens (including phenoxy) is 1. The van der Waals surface area contributed by atoms with Crippen LogP contribution in [0.4, 0.5) is 9.93 Å². The lowest BCUT2D eigenvalue weighted by Gasteiger charge is -2.33. The number of aromatic nitrogens is 2. The Morgan fingerprint density at radius 2 is 2.06 bits per heavy atom. The first-order valence-corrected chi connectivity index (χ1v) is 7.01. The Bertz CT molecular complexity index is 402. The topological polar surface area (TPSA) is 58.6 Å². The predicted molar refractivity (Wildman–Crippen MR) is 70.1 cm³/mol. The van der Waals surface area contributed by atoms with Crippen molar-refractivity contribution < 1.29 is 9.53 Å². The van der Waals surface area contributed by atoms with Crippen molar-refractivity contribution in [3.8, 4) is 0 Å². The summed E-state index contributed by atoms with van der Waals surface area (Å²) in [7, 11) is 0. The van der Waals surface area contributed by atoms with E-state index in [2.05, 4.69) is 14.3 Å². The average molecular weight is 270 g/mol. The smallest absolute Gasteiger partial charge is 0.409 e. The summed E-state index contributed by atoms with van der Waals surface area (Å²) < 4.78 is 9.26. The zero-order valence-electron chi connectivity index (χ0n) is 10.8. The third-order valence-electron chi connectivity index (χ3n) is 2.85. The predicted octanol–water partition coefficient (Wildman–Crippen LogP) is 1.38. The molecule has 1 aromatic heterocycles. The minimum absolute atomic E-state index is 0.219. The molecule has 0 radical (unpaired) electrons. The summed E-state index contributed by atoms with van der Waals surface area (Å²) in [5.41, 5.74) is 0. The van der Waals surface area contributed by atoms with Gasteiger partial charge in [0.25, 0.3) is 0 Å². The number of carbonyl (C=O) groups excluding carboxylic acids is 1. The second-order valence-electron chi connectivity index (χ2n) is 4.02. The molecule has 6 nitrogen and oxygen atoms in total. The Hall–Kier alpha value is -1.37. The van der Waals surface area contributed by atoms with Crippen LogP contribution in [0.15, 0.2) is 0 Å². The fourth-order valence-electron chi connectivity index (χ4n) is 1.81. The van der Waals surface area contributed by atoms with Gasteiger partial charge in [0.2, 0.25) is 5.13 Å². The van der Waals surface area contributed by atoms with Crippen molar-refractivity contribution in [3.63, 3.8) is 0 Å². The van der Waals surface area contributed by atoms with Gasteiger partial charge < -0.3 is 14.5 Å². The van der Waals surface area contributed by atoms with Gasteiger partial charge in [-0.05, 0) is 6.92 Å². The van der Waals surface area contributed by atoms with Crippen molar-refractivity contribution in [1.82, 2.24) is 14.3 Å². The van der Waals surface area contributed by atoms with E-state index in [-0.39, 0.29) is 6.09 Å². The lowest BCUT2D eigenvalue weighted by molar-refractivity contribution is 0.105. The van der Waals surface area contributed by atoms with Gasteiger partial charge in [0.1, 0.15) is 5.82 Å². The molecule has 1 fully saturated rings. The Labute approximate surface area is 111 Å². The molecule has 0 bridgehead atoms. The first-order valence-electron chi connectivity index (χ1n) is 6.23. The maximum absolute atomic E-state index is 11.6. The van der Waals surface area contributed by atoms with Gasteiger partial charge in [-0.1, -0.05) is 6.92 Å². The van der Waals surface area contributed by atoms with E-state index < -0.39 is 0 Å². The number of aryl methyl sites for hydroxylation is 1. The van der Waals surface area contributed by atoms with E-state index in [9.17, 15) is 4.79 Å². The van der Waals surface area contributed by atoms with E-state index in [4.69, 9.17) is 4.74 Å². The van der Waals surface area contributed by atoms with E-state index in [1.165, 1.54) is 11.5 Å². The number of anilines is 1. The fourth-order valence-corrected chi connectivity index (χ4v) is 2.61. The number of carbonyl (C=O) groups is 1. The van der Waals surface area contributed by atoms with Gasteiger partial charge in [0, 0.05) is 44.1 Å². The molecule has 0 spiro atoms. The summed E-state index contributed by atoms with van der Waals surface area (Å²) in [4.78, 5) is 19.9. The molecule has 0 saturated carbocycles. The van der Waals surface area contributed by atoms with E-state index in [1.807, 2.05) is 13.8 Å². The highest BCUT2D eigenvalue weighted by molar-refractivity contribution is 7.09. The zero-order valence-corrected chi connectivity index (χ0v) is 11.6. The van der Waals surface area contributed by atoms with Gasteiger partial charge in [0.15, 0.2) is 0 Å². The maximum atomic E-state index is 11.6. The quantitative estimate of drug-likeness (QED) is 0.830. The highest BCUT2D eigenvalue weighted by atomic mass is 32.1. The van der Waals surface area contributed by atoms with Crippen molar-refractivity contribution >= 4 is 22.8 Å². The number of rotatable bonds is 3. The molecule has 1 aromatic rings. The molecule has 2 heterocycles. The molecule has 0 aromatic carbocycles. The number of amides is 1. The van der Waals surface area contributed by atoms with Gasteiger partial charge in [-0.15, -0.1) is 0 Å². The third kappa shape index (κ3) is 2.90. The van der Waals surface area contributed by atoms with Crippen molar-refractivity contribution in [3.05, 3.63) is 5.82 Å². The largest absolute Gasteiger partial charge is 0.450 e. The van der Waals surface area contributed by atoms with Gasteiger partial charge >= 0.3 is 6.09 Å². The summed E-state index contributed by atoms with van der Waals surface area (Å²) in [6.45, 7) is 7.23. The molecule has 0 atom stereocenters. The molecule has 1 aliphatic heterocycles. The number of hydrogen-bond acceptors (Lipinski definition) is 6. The second-order valence-corrected chi connectivity index (χ2v) is 4.75. The molecular weight excluding hydrogens is 252 g/mol. The Morgan fingerprint density at radius 1 is 1.33 bits per heavy atom. The molecule has 1 amide bonds. The molecule has 18 heavy (non-hydrogen) atoms. The van der Waals surface area contributed by atoms with Crippen LogP contribution in [0, 0.1) is 0 Å². The summed E-state index contributed by atoms with van der Waals surface area (Å²) in [5, 5.41) is 0.954. The van der Waals surface area contributed by atoms with E-state index in [0.29, 0.717) is 19.7 Å². The van der Waals surface area contributed by atoms with Crippen molar-refractivity contribution in [2.75, 3.05) is 37.7 Å². The first kappa shape index (κ1) is 13.1. The maximum Gasteiger partial charge on any atom is 0.409 e. The van der Waals surface area contributed by atoms with Crippen LogP contribution >= 0.6 is 11.5 Å². The van der Waals surface area contributed by atoms with E-state index in [0.717, 1.165) is 30.5 Å². The first-order chi connectivity index (χ1) is 8.74. The molecule has 0 N–H and O–H groups in total. The Morgan fingerprint density at radius 3 is 2.61 bits per heavy atom. The highest BCUT2D eigenvalue weighted by Gasteiger charge is 2.23. The van der Waals surface area contributed by atoms with Gasteiger partial charge in [-0.2, -0.15) is 4.37 Å². The number of nitrogens with zero attached hydrogens (tertiary/aromatic N) is 4. The van der Waals surface area contributed by atoms with E-state index >= 15 is 0 Å². The molecule has 1 saturated heterocycles. The van der Waals surface area contributed by atoms with Crippen molar-refractivity contribution in [2.45, 2.75) is 20.3 Å². The van der Waals surface area contributed by atoms with Crippen LogP contribution in [0.3, 0.4) is 0 Å². The summed E-state index contributed by atoms with van der Waals surface area (Å²) in [5.74, 6) is 0.892. The van der Waals surface area contributed by atoms with Gasteiger partial charge in [-0.25, -0.2) is 9.78 Å². The van der Waals surface area contributed by atoms with Crippen LogP contribution in [-0.2, 0) is 11.2 Å². The van der Waals surface area contributed by atoms with Crippen LogP contribution in [-0.4, -0.2) is 53.1 Å². The van der Waals surface area contributed by atoms with Crippen LogP contribution in [0.5, 0.6) is 0 Å². The fraction of sp³-hybridized carbons (Fsp3) is 0.727. The average Bonchev–Trinajstić information content (AvgIpc) is 2.88. The number of hydrogen-bond donors (Lipinski definition) is 0. The van der Waals surface area contributed by atoms with Crippen LogP contribution < -0.4 is 4.90 Å². The molecular formula is C11H18N4O2S. The monoisotopic (exact) mass is 270 g/mol. The standard InChI is InChI=1S/C11H18N4O2S/c1-3-9-12-10(18-13-9)14-5-7-15(8-6-14)11(16)17-4-2/h3-8H2,1-2H3. The molecule has 100 valence electrons. The second kappa shape index (κ2) is 5.99. The zero-order chi connectivity index (χ0) is 13.0. The van der Waals surface area contributed by atoms with Gasteiger partial charge in [-0.3, -0.25) is 0 Å². The summed E-state index contributed by atoms with van der Waals surface area (Å²) in [6, 6.07) is 0. The Kier molecular flexibility index (Phi) is 4.35. The highest BCUT2D eigenvalue weighted by Crippen LogP contribution is 2.19. The molecule has 1 aliphatic rings. The normalized spacial score (nSPS) is 15.9. The van der Waals surface area contributed by atoms with E-state index in [1.54, 1.807) is 4.90 Å². The number of piperazine rings is 1. The van der Waals surface area contributed by atoms with Gasteiger partial charge in [0.05, 0.1) is 6.61 Å². The van der Waals surface area contributed by atoms with Crippen LogP contribution in [0.2, 0.25) is 0 Å². The minimum atomic E-state index is -0.219. The lowest BCUT2D eigenvalue weighted by Crippen LogP contribution is -2.49.